The molecule has 2 rings (SSSR count). The number of aromatic nitrogens is 2. The molecular formula is C14H14N6O. The zero-order valence-corrected chi connectivity index (χ0v) is 11.3. The zero-order valence-electron chi connectivity index (χ0n) is 11.3. The second-order valence-corrected chi connectivity index (χ2v) is 4.21. The van der Waals surface area contributed by atoms with Gasteiger partial charge < -0.3 is 5.32 Å². The Balaban J connectivity index is 1.92. The van der Waals surface area contributed by atoms with Crippen molar-refractivity contribution < 1.29 is 4.79 Å². The standard InChI is InChI=1S/C14H14N6O/c15-20-19-9-3-8-17-14(21)11-5-6-13(18-10-11)12-4-1-2-7-16-12/h1-2,4-7,10H,3,8-9H2,(H,17,21). The number of carbonyl (C=O) groups is 1. The van der Waals surface area contributed by atoms with Gasteiger partial charge in [0.2, 0.25) is 0 Å². The maximum Gasteiger partial charge on any atom is 0.252 e. The van der Waals surface area contributed by atoms with Crippen LogP contribution in [0.1, 0.15) is 16.8 Å². The number of hydrogen-bond donors (Lipinski definition) is 1. The first-order chi connectivity index (χ1) is 10.3. The summed E-state index contributed by atoms with van der Waals surface area (Å²) in [7, 11) is 0. The Morgan fingerprint density at radius 1 is 1.24 bits per heavy atom. The molecule has 0 aliphatic rings. The van der Waals surface area contributed by atoms with Gasteiger partial charge in [-0.25, -0.2) is 0 Å². The molecule has 0 radical (unpaired) electrons. The van der Waals surface area contributed by atoms with Gasteiger partial charge in [-0.3, -0.25) is 14.8 Å². The number of rotatable bonds is 6. The molecule has 0 saturated heterocycles. The van der Waals surface area contributed by atoms with Crippen LogP contribution in [-0.4, -0.2) is 29.0 Å². The summed E-state index contributed by atoms with van der Waals surface area (Å²) >= 11 is 0. The molecule has 106 valence electrons. The van der Waals surface area contributed by atoms with Gasteiger partial charge >= 0.3 is 0 Å². The zero-order chi connectivity index (χ0) is 14.9. The van der Waals surface area contributed by atoms with Crippen LogP contribution in [0.4, 0.5) is 0 Å². The Morgan fingerprint density at radius 3 is 2.76 bits per heavy atom. The van der Waals surface area contributed by atoms with Crippen LogP contribution in [0, 0.1) is 0 Å². The molecule has 7 nitrogen and oxygen atoms in total. The van der Waals surface area contributed by atoms with Gasteiger partial charge in [-0.15, -0.1) is 0 Å². The molecule has 0 aliphatic heterocycles. The number of nitrogens with one attached hydrogen (secondary N) is 1. The average molecular weight is 282 g/mol. The molecule has 0 aliphatic carbocycles. The van der Waals surface area contributed by atoms with Crippen LogP contribution in [0.2, 0.25) is 0 Å². The normalized spacial score (nSPS) is 9.71. The van der Waals surface area contributed by atoms with Gasteiger partial charge in [-0.2, -0.15) is 0 Å². The highest BCUT2D eigenvalue weighted by molar-refractivity contribution is 5.94. The lowest BCUT2D eigenvalue weighted by molar-refractivity contribution is 0.0953. The van der Waals surface area contributed by atoms with Crippen LogP contribution in [-0.2, 0) is 0 Å². The van der Waals surface area contributed by atoms with Crippen molar-refractivity contribution in [1.82, 2.24) is 15.3 Å². The van der Waals surface area contributed by atoms with Crippen LogP contribution in [0.5, 0.6) is 0 Å². The Kier molecular flexibility index (Phi) is 5.25. The highest BCUT2D eigenvalue weighted by Gasteiger charge is 2.06. The van der Waals surface area contributed by atoms with Gasteiger partial charge in [0.05, 0.1) is 17.0 Å². The van der Waals surface area contributed by atoms with Gasteiger partial charge in [-0.05, 0) is 36.2 Å². The Morgan fingerprint density at radius 2 is 2.10 bits per heavy atom. The van der Waals surface area contributed by atoms with E-state index in [1.165, 1.54) is 6.20 Å². The first kappa shape index (κ1) is 14.5. The van der Waals surface area contributed by atoms with Crippen molar-refractivity contribution in [2.75, 3.05) is 13.1 Å². The summed E-state index contributed by atoms with van der Waals surface area (Å²) in [6.45, 7) is 0.827. The number of amides is 1. The fraction of sp³-hybridized carbons (Fsp3) is 0.214. The lowest BCUT2D eigenvalue weighted by Crippen LogP contribution is -2.24. The fourth-order valence-corrected chi connectivity index (χ4v) is 1.69. The van der Waals surface area contributed by atoms with Crippen molar-refractivity contribution in [1.29, 1.82) is 0 Å². The summed E-state index contributed by atoms with van der Waals surface area (Å²) in [5, 5.41) is 6.14. The van der Waals surface area contributed by atoms with E-state index in [2.05, 4.69) is 25.3 Å². The van der Waals surface area contributed by atoms with E-state index in [9.17, 15) is 4.79 Å². The van der Waals surface area contributed by atoms with Crippen molar-refractivity contribution in [3.8, 4) is 11.4 Å². The monoisotopic (exact) mass is 282 g/mol. The fourth-order valence-electron chi connectivity index (χ4n) is 1.69. The molecule has 0 fully saturated rings. The third kappa shape index (κ3) is 4.29. The summed E-state index contributed by atoms with van der Waals surface area (Å²) in [6, 6.07) is 9.05. The molecule has 0 spiro atoms. The van der Waals surface area contributed by atoms with E-state index >= 15 is 0 Å². The molecule has 0 atom stereocenters. The van der Waals surface area contributed by atoms with Crippen LogP contribution in [0.15, 0.2) is 47.8 Å². The second kappa shape index (κ2) is 7.62. The molecule has 7 heteroatoms. The van der Waals surface area contributed by atoms with Crippen molar-refractivity contribution >= 4 is 5.91 Å². The Hall–Kier alpha value is -2.92. The number of nitrogens with zero attached hydrogens (tertiary/aromatic N) is 5. The molecule has 2 aromatic rings. The van der Waals surface area contributed by atoms with Crippen LogP contribution in [0.3, 0.4) is 0 Å². The molecule has 0 aromatic carbocycles. The lowest BCUT2D eigenvalue weighted by atomic mass is 10.2. The van der Waals surface area contributed by atoms with Crippen LogP contribution >= 0.6 is 0 Å². The van der Waals surface area contributed by atoms with E-state index in [-0.39, 0.29) is 5.91 Å². The van der Waals surface area contributed by atoms with E-state index < -0.39 is 0 Å². The molecule has 2 heterocycles. The number of pyridine rings is 2. The third-order valence-electron chi connectivity index (χ3n) is 2.74. The van der Waals surface area contributed by atoms with Crippen molar-refractivity contribution in [2.45, 2.75) is 6.42 Å². The SMILES string of the molecule is [N-]=[N+]=NCCCNC(=O)c1ccc(-c2ccccn2)nc1. The highest BCUT2D eigenvalue weighted by atomic mass is 16.1. The molecule has 21 heavy (non-hydrogen) atoms. The minimum absolute atomic E-state index is 0.198. The number of hydrogen-bond acceptors (Lipinski definition) is 4. The predicted molar refractivity (Wildman–Crippen MR) is 78.4 cm³/mol. The smallest absolute Gasteiger partial charge is 0.252 e. The minimum Gasteiger partial charge on any atom is -0.352 e. The molecule has 2 aromatic heterocycles. The minimum atomic E-state index is -0.198. The van der Waals surface area contributed by atoms with Crippen LogP contribution in [0.25, 0.3) is 21.8 Å². The Labute approximate surface area is 121 Å². The summed E-state index contributed by atoms with van der Waals surface area (Å²) in [4.78, 5) is 22.9. The molecule has 0 bridgehead atoms. The van der Waals surface area contributed by atoms with Gasteiger partial charge in [0.15, 0.2) is 0 Å². The lowest BCUT2D eigenvalue weighted by Gasteiger charge is -2.04. The number of azide groups is 1. The maximum absolute atomic E-state index is 11.9. The predicted octanol–water partition coefficient (Wildman–Crippen LogP) is 2.57. The second-order valence-electron chi connectivity index (χ2n) is 4.21. The van der Waals surface area contributed by atoms with Crippen molar-refractivity contribution in [3.05, 3.63) is 58.7 Å². The van der Waals surface area contributed by atoms with Crippen molar-refractivity contribution in [2.24, 2.45) is 5.11 Å². The molecule has 1 N–H and O–H groups in total. The van der Waals surface area contributed by atoms with Gasteiger partial charge in [0.1, 0.15) is 0 Å². The first-order valence-corrected chi connectivity index (χ1v) is 6.48. The van der Waals surface area contributed by atoms with Crippen LogP contribution < -0.4 is 5.32 Å². The largest absolute Gasteiger partial charge is 0.352 e. The van der Waals surface area contributed by atoms with Gasteiger partial charge in [0, 0.05) is 30.4 Å². The maximum atomic E-state index is 11.9. The molecular weight excluding hydrogens is 268 g/mol. The molecule has 0 saturated carbocycles. The topological polar surface area (TPSA) is 104 Å². The first-order valence-electron chi connectivity index (χ1n) is 6.48. The summed E-state index contributed by atoms with van der Waals surface area (Å²) in [5.74, 6) is -0.198. The van der Waals surface area contributed by atoms with E-state index in [1.54, 1.807) is 18.3 Å². The Bertz CT molecular complexity index is 634. The van der Waals surface area contributed by atoms with Gasteiger partial charge in [0.25, 0.3) is 5.91 Å². The molecule has 0 unspecified atom stereocenters. The van der Waals surface area contributed by atoms with E-state index in [4.69, 9.17) is 5.53 Å². The summed E-state index contributed by atoms with van der Waals surface area (Å²) in [6.07, 6.45) is 3.82. The summed E-state index contributed by atoms with van der Waals surface area (Å²) < 4.78 is 0. The summed E-state index contributed by atoms with van der Waals surface area (Å²) in [5.41, 5.74) is 10.1. The third-order valence-corrected chi connectivity index (χ3v) is 2.74. The number of carbonyl (C=O) groups excluding carboxylic acids is 1. The van der Waals surface area contributed by atoms with Crippen molar-refractivity contribution in [3.63, 3.8) is 0 Å². The van der Waals surface area contributed by atoms with E-state index in [1.807, 2.05) is 18.2 Å². The van der Waals surface area contributed by atoms with E-state index in [0.29, 0.717) is 25.1 Å². The highest BCUT2D eigenvalue weighted by Crippen LogP contribution is 2.13. The van der Waals surface area contributed by atoms with E-state index in [0.717, 1.165) is 11.4 Å². The molecule has 1 amide bonds. The van der Waals surface area contributed by atoms with Gasteiger partial charge in [-0.1, -0.05) is 11.2 Å². The quantitative estimate of drug-likeness (QED) is 0.381. The average Bonchev–Trinajstić information content (AvgIpc) is 2.55.